The maximum absolute atomic E-state index is 2.90. The van der Waals surface area contributed by atoms with Crippen LogP contribution in [0.2, 0.25) is 0 Å². The molecule has 3 heterocycles. The van der Waals surface area contributed by atoms with Gasteiger partial charge in [0.1, 0.15) is 0 Å². The molecule has 3 heteroatoms. The Kier molecular flexibility index (Phi) is 5.50. The summed E-state index contributed by atoms with van der Waals surface area (Å²) < 4.78 is 0. The van der Waals surface area contributed by atoms with Gasteiger partial charge in [-0.3, -0.25) is 4.90 Å². The first-order chi connectivity index (χ1) is 11.8. The molecule has 3 nitrogen and oxygen atoms in total. The number of hydrogen-bond donors (Lipinski definition) is 0. The van der Waals surface area contributed by atoms with Gasteiger partial charge in [0, 0.05) is 25.7 Å². The van der Waals surface area contributed by atoms with Crippen molar-refractivity contribution < 1.29 is 0 Å². The normalized spacial score (nSPS) is 34.9. The molecule has 1 atom stereocenters. The van der Waals surface area contributed by atoms with Gasteiger partial charge in [-0.25, -0.2) is 0 Å². The fourth-order valence-electron chi connectivity index (χ4n) is 5.95. The van der Waals surface area contributed by atoms with Crippen molar-refractivity contribution in [2.75, 3.05) is 52.4 Å². The van der Waals surface area contributed by atoms with Crippen LogP contribution in [0.3, 0.4) is 0 Å². The van der Waals surface area contributed by atoms with Gasteiger partial charge in [0.2, 0.25) is 0 Å². The summed E-state index contributed by atoms with van der Waals surface area (Å²) in [5, 5.41) is 0. The van der Waals surface area contributed by atoms with Crippen LogP contribution in [-0.2, 0) is 0 Å². The van der Waals surface area contributed by atoms with E-state index in [2.05, 4.69) is 21.6 Å². The molecule has 4 aliphatic rings. The highest BCUT2D eigenvalue weighted by Crippen LogP contribution is 2.41. The molecule has 0 aromatic rings. The summed E-state index contributed by atoms with van der Waals surface area (Å²) in [6, 6.07) is 0.888. The first-order valence-corrected chi connectivity index (χ1v) is 11.0. The van der Waals surface area contributed by atoms with Crippen LogP contribution >= 0.6 is 0 Å². The number of hydrogen-bond acceptors (Lipinski definition) is 3. The molecule has 3 aliphatic heterocycles. The first-order valence-electron chi connectivity index (χ1n) is 11.0. The monoisotopic (exact) mass is 333 g/mol. The van der Waals surface area contributed by atoms with Gasteiger partial charge in [0.25, 0.3) is 0 Å². The van der Waals surface area contributed by atoms with Crippen molar-refractivity contribution >= 4 is 0 Å². The summed E-state index contributed by atoms with van der Waals surface area (Å²) in [5.41, 5.74) is 0.655. The van der Waals surface area contributed by atoms with Crippen LogP contribution in [-0.4, -0.2) is 73.1 Å². The van der Waals surface area contributed by atoms with Gasteiger partial charge in [-0.1, -0.05) is 13.3 Å². The Morgan fingerprint density at radius 1 is 0.833 bits per heavy atom. The van der Waals surface area contributed by atoms with Crippen molar-refractivity contribution in [1.82, 2.24) is 14.7 Å². The van der Waals surface area contributed by atoms with Crippen molar-refractivity contribution in [3.63, 3.8) is 0 Å². The second-order valence-corrected chi connectivity index (χ2v) is 9.43. The van der Waals surface area contributed by atoms with Crippen LogP contribution in [0.4, 0.5) is 0 Å². The zero-order valence-corrected chi connectivity index (χ0v) is 16.0. The Bertz CT molecular complexity index is 400. The molecule has 1 unspecified atom stereocenters. The fraction of sp³-hybridized carbons (Fsp3) is 1.00. The smallest absolute Gasteiger partial charge is 0.0120 e. The lowest BCUT2D eigenvalue weighted by molar-refractivity contribution is 0.0564. The third-order valence-corrected chi connectivity index (χ3v) is 7.56. The van der Waals surface area contributed by atoms with Crippen molar-refractivity contribution in [2.45, 2.75) is 70.8 Å². The summed E-state index contributed by atoms with van der Waals surface area (Å²) in [6.07, 6.45) is 13.1. The van der Waals surface area contributed by atoms with Gasteiger partial charge < -0.3 is 9.80 Å². The molecule has 1 saturated carbocycles. The fourth-order valence-corrected chi connectivity index (χ4v) is 5.95. The average molecular weight is 334 g/mol. The van der Waals surface area contributed by atoms with Crippen LogP contribution in [0.15, 0.2) is 0 Å². The summed E-state index contributed by atoms with van der Waals surface area (Å²) in [5.74, 6) is 1.04. The van der Waals surface area contributed by atoms with Crippen LogP contribution < -0.4 is 0 Å². The highest BCUT2D eigenvalue weighted by molar-refractivity contribution is 4.97. The van der Waals surface area contributed by atoms with Crippen LogP contribution in [0.5, 0.6) is 0 Å². The Morgan fingerprint density at radius 2 is 1.67 bits per heavy atom. The molecule has 0 aromatic heterocycles. The molecule has 0 N–H and O–H groups in total. The molecule has 0 radical (unpaired) electrons. The molecule has 0 amide bonds. The Morgan fingerprint density at radius 3 is 2.38 bits per heavy atom. The van der Waals surface area contributed by atoms with Gasteiger partial charge in [-0.05, 0) is 95.4 Å². The molecule has 4 rings (SSSR count). The maximum atomic E-state index is 2.90. The van der Waals surface area contributed by atoms with Crippen LogP contribution in [0.25, 0.3) is 0 Å². The molecule has 1 aliphatic carbocycles. The zero-order chi connectivity index (χ0) is 16.4. The Balaban J connectivity index is 1.27. The summed E-state index contributed by atoms with van der Waals surface area (Å²) in [4.78, 5) is 8.43. The van der Waals surface area contributed by atoms with E-state index in [1.54, 1.807) is 0 Å². The molecule has 1 spiro atoms. The third kappa shape index (κ3) is 3.83. The van der Waals surface area contributed by atoms with Crippen molar-refractivity contribution in [3.05, 3.63) is 0 Å². The largest absolute Gasteiger partial charge is 0.303 e. The van der Waals surface area contributed by atoms with E-state index < -0.39 is 0 Å². The average Bonchev–Trinajstić information content (AvgIpc) is 2.96. The minimum atomic E-state index is 0.655. The molecule has 4 fully saturated rings. The van der Waals surface area contributed by atoms with Gasteiger partial charge in [0.05, 0.1) is 0 Å². The van der Waals surface area contributed by atoms with Gasteiger partial charge in [0.15, 0.2) is 0 Å². The zero-order valence-electron chi connectivity index (χ0n) is 16.0. The van der Waals surface area contributed by atoms with E-state index in [1.807, 2.05) is 0 Å². The lowest BCUT2D eigenvalue weighted by Crippen LogP contribution is -2.49. The molecular weight excluding hydrogens is 294 g/mol. The molecule has 3 saturated heterocycles. The third-order valence-electron chi connectivity index (χ3n) is 7.56. The van der Waals surface area contributed by atoms with E-state index in [0.717, 1.165) is 12.0 Å². The van der Waals surface area contributed by atoms with E-state index in [0.29, 0.717) is 5.41 Å². The standard InChI is InChI=1S/C21H39N3/c1-2-11-22-13-7-20(8-14-22)24-15-10-21(18-24)9-4-12-23(17-21)16-19-5-3-6-19/h19-20H,2-18H2,1H3. The molecular formula is C21H39N3. The topological polar surface area (TPSA) is 9.72 Å². The number of rotatable bonds is 5. The SMILES string of the molecule is CCCN1CCC(N2CCC3(CCCN(CC4CCC4)C3)C2)CC1. The van der Waals surface area contributed by atoms with E-state index in [-0.39, 0.29) is 0 Å². The van der Waals surface area contributed by atoms with E-state index in [9.17, 15) is 0 Å². The molecule has 0 aromatic carbocycles. The lowest BCUT2D eigenvalue weighted by Gasteiger charge is -2.44. The van der Waals surface area contributed by atoms with E-state index >= 15 is 0 Å². The second-order valence-electron chi connectivity index (χ2n) is 9.43. The van der Waals surface area contributed by atoms with Gasteiger partial charge in [-0.2, -0.15) is 0 Å². The molecule has 138 valence electrons. The highest BCUT2D eigenvalue weighted by Gasteiger charge is 2.43. The molecule has 24 heavy (non-hydrogen) atoms. The van der Waals surface area contributed by atoms with Gasteiger partial charge >= 0.3 is 0 Å². The minimum absolute atomic E-state index is 0.655. The van der Waals surface area contributed by atoms with Gasteiger partial charge in [-0.15, -0.1) is 0 Å². The van der Waals surface area contributed by atoms with Crippen LogP contribution in [0.1, 0.15) is 64.7 Å². The predicted molar refractivity (Wildman–Crippen MR) is 101 cm³/mol. The highest BCUT2D eigenvalue weighted by atomic mass is 15.2. The van der Waals surface area contributed by atoms with E-state index in [4.69, 9.17) is 0 Å². The quantitative estimate of drug-likeness (QED) is 0.763. The second kappa shape index (κ2) is 7.63. The van der Waals surface area contributed by atoms with Crippen LogP contribution in [0, 0.1) is 11.3 Å². The number of nitrogens with zero attached hydrogens (tertiary/aromatic N) is 3. The minimum Gasteiger partial charge on any atom is -0.303 e. The van der Waals surface area contributed by atoms with Crippen molar-refractivity contribution in [3.8, 4) is 0 Å². The maximum Gasteiger partial charge on any atom is 0.0120 e. The Hall–Kier alpha value is -0.120. The molecule has 0 bridgehead atoms. The van der Waals surface area contributed by atoms with Crippen molar-refractivity contribution in [1.29, 1.82) is 0 Å². The Labute approximate surface area is 149 Å². The van der Waals surface area contributed by atoms with Crippen molar-refractivity contribution in [2.24, 2.45) is 11.3 Å². The summed E-state index contributed by atoms with van der Waals surface area (Å²) >= 11 is 0. The summed E-state index contributed by atoms with van der Waals surface area (Å²) in [7, 11) is 0. The summed E-state index contributed by atoms with van der Waals surface area (Å²) in [6.45, 7) is 13.3. The lowest BCUT2D eigenvalue weighted by atomic mass is 9.78. The first kappa shape index (κ1) is 17.3. The predicted octanol–water partition coefficient (Wildman–Crippen LogP) is 3.45. The number of piperidine rings is 2. The van der Waals surface area contributed by atoms with E-state index in [1.165, 1.54) is 110 Å². The number of likely N-dealkylation sites (tertiary alicyclic amines) is 3.